The molecule has 7 atom stereocenters. The predicted molar refractivity (Wildman–Crippen MR) is 224 cm³/mol. The van der Waals surface area contributed by atoms with Gasteiger partial charge in [0.15, 0.2) is 11.5 Å². The SMILES string of the molecule is CCC(C)C1CN2C(C)N[N+](=O)C2[C@H](C)N=C1c1ccc(OC2CCC3(CCN(c4ccc(C(=O)NC5CCC(Oc6ccc(C#N)c(OC)c6)CC5)nn4)C3)C2)cc1. The van der Waals surface area contributed by atoms with Gasteiger partial charge in [0.1, 0.15) is 40.4 Å². The van der Waals surface area contributed by atoms with E-state index < -0.39 is 0 Å². The van der Waals surface area contributed by atoms with Crippen LogP contribution in [0.25, 0.3) is 0 Å². The lowest BCUT2D eigenvalue weighted by atomic mass is 9.84. The van der Waals surface area contributed by atoms with E-state index in [2.05, 4.69) is 81.8 Å². The van der Waals surface area contributed by atoms with Crippen molar-refractivity contribution in [3.8, 4) is 23.3 Å². The molecular formula is C45H58N9O5+. The number of rotatable bonds is 11. The predicted octanol–water partition coefficient (Wildman–Crippen LogP) is 6.43. The van der Waals surface area contributed by atoms with E-state index in [9.17, 15) is 15.0 Å². The van der Waals surface area contributed by atoms with Crippen molar-refractivity contribution in [1.82, 2.24) is 25.8 Å². The second-order valence-corrected chi connectivity index (χ2v) is 17.5. The number of amides is 1. The van der Waals surface area contributed by atoms with Crippen molar-refractivity contribution in [1.29, 1.82) is 5.26 Å². The molecule has 2 N–H and O–H groups in total. The molecule has 1 amide bonds. The summed E-state index contributed by atoms with van der Waals surface area (Å²) in [5.41, 5.74) is 6.18. The van der Waals surface area contributed by atoms with Gasteiger partial charge >= 0.3 is 6.17 Å². The number of ether oxygens (including phenoxy) is 3. The first-order valence-corrected chi connectivity index (χ1v) is 21.5. The average Bonchev–Trinajstić information content (AvgIpc) is 3.91. The summed E-state index contributed by atoms with van der Waals surface area (Å²) >= 11 is 0. The second kappa shape index (κ2) is 17.1. The monoisotopic (exact) mass is 804 g/mol. The van der Waals surface area contributed by atoms with E-state index in [-0.39, 0.29) is 53.9 Å². The smallest absolute Gasteiger partial charge is 0.313 e. The van der Waals surface area contributed by atoms with E-state index in [0.717, 1.165) is 105 Å². The zero-order chi connectivity index (χ0) is 41.3. The maximum atomic E-state index is 13.1. The van der Waals surface area contributed by atoms with E-state index in [1.807, 2.05) is 13.0 Å². The Morgan fingerprint density at radius 1 is 1.02 bits per heavy atom. The van der Waals surface area contributed by atoms with Crippen LogP contribution in [0.1, 0.15) is 107 Å². The second-order valence-electron chi connectivity index (χ2n) is 17.5. The standard InChI is InChI=1S/C45H57N9O5/c1-6-28(2)38-26-53-30(4)51-54(56)44(53)29(3)47-42(38)31-7-12-34(13-8-31)59-37-19-20-45(24-37)21-22-52(27-45)41-18-17-39(49-50-41)43(55)48-33-10-15-35(16-11-33)58-36-14-9-32(25-46)40(23-36)57-5/h7-9,12-14,17-18,23,28-30,33,35,37-38,44H,6,10-11,15-16,19-22,24,26-27H2,1-5H3,(H-,48,51,55,56)/p+1/t28?,29-,30?,33?,35?,37?,38?,44?,45?/m0/s1. The molecule has 14 heteroatoms. The maximum absolute atomic E-state index is 13.1. The van der Waals surface area contributed by atoms with Crippen molar-refractivity contribution in [2.75, 3.05) is 31.6 Å². The average molecular weight is 805 g/mol. The van der Waals surface area contributed by atoms with Crippen LogP contribution in [0.4, 0.5) is 5.82 Å². The number of nitrogens with zero attached hydrogens (tertiary/aromatic N) is 7. The summed E-state index contributed by atoms with van der Waals surface area (Å²) in [6.07, 6.45) is 8.27. The van der Waals surface area contributed by atoms with Gasteiger partial charge in [-0.1, -0.05) is 20.3 Å². The zero-order valence-corrected chi connectivity index (χ0v) is 35.0. The Balaban J connectivity index is 0.814. The summed E-state index contributed by atoms with van der Waals surface area (Å²) in [4.78, 5) is 36.7. The van der Waals surface area contributed by atoms with Gasteiger partial charge in [0.25, 0.3) is 5.91 Å². The third-order valence-electron chi connectivity index (χ3n) is 13.6. The minimum atomic E-state index is -0.311. The number of nitrogens with one attached hydrogen (secondary N) is 2. The Hall–Kier alpha value is -5.29. The lowest BCUT2D eigenvalue weighted by molar-refractivity contribution is -0.630. The summed E-state index contributed by atoms with van der Waals surface area (Å²) in [5, 5.41) is 21.2. The van der Waals surface area contributed by atoms with Gasteiger partial charge in [-0.3, -0.25) is 9.79 Å². The molecule has 0 radical (unpaired) electrons. The van der Waals surface area contributed by atoms with Crippen LogP contribution >= 0.6 is 0 Å². The highest BCUT2D eigenvalue weighted by Gasteiger charge is 2.52. The molecule has 59 heavy (non-hydrogen) atoms. The first-order chi connectivity index (χ1) is 28.5. The highest BCUT2D eigenvalue weighted by molar-refractivity contribution is 6.03. The summed E-state index contributed by atoms with van der Waals surface area (Å²) in [6.45, 7) is 11.2. The molecule has 4 fully saturated rings. The maximum Gasteiger partial charge on any atom is 0.313 e. The Bertz CT molecular complexity index is 2060. The molecule has 2 aromatic carbocycles. The molecule has 8 rings (SSSR count). The molecule has 2 saturated carbocycles. The topological polar surface area (TPSA) is 157 Å². The molecule has 5 aliphatic rings. The van der Waals surface area contributed by atoms with Crippen molar-refractivity contribution in [3.05, 3.63) is 76.3 Å². The van der Waals surface area contributed by atoms with Gasteiger partial charge in [-0.2, -0.15) is 5.26 Å². The van der Waals surface area contributed by atoms with Crippen molar-refractivity contribution < 1.29 is 23.9 Å². The fourth-order valence-electron chi connectivity index (χ4n) is 10.0. The number of methoxy groups -OCH3 is 1. The molecule has 1 aromatic heterocycles. The van der Waals surface area contributed by atoms with E-state index in [1.54, 1.807) is 31.4 Å². The molecule has 4 heterocycles. The Morgan fingerprint density at radius 3 is 2.49 bits per heavy atom. The first kappa shape index (κ1) is 40.5. The number of hydrogen-bond donors (Lipinski definition) is 2. The largest absolute Gasteiger partial charge is 0.495 e. The molecule has 0 bridgehead atoms. The van der Waals surface area contributed by atoms with Crippen LogP contribution in [-0.2, 0) is 0 Å². The van der Waals surface area contributed by atoms with Crippen LogP contribution in [-0.4, -0.2) is 95.0 Å². The Kier molecular flexibility index (Phi) is 11.8. The molecule has 14 nitrogen and oxygen atoms in total. The van der Waals surface area contributed by atoms with E-state index in [0.29, 0.717) is 28.7 Å². The van der Waals surface area contributed by atoms with Crippen molar-refractivity contribution in [3.63, 3.8) is 0 Å². The number of carbonyl (C=O) groups is 1. The third kappa shape index (κ3) is 8.58. The highest BCUT2D eigenvalue weighted by Crippen LogP contribution is 2.47. The number of anilines is 1. The van der Waals surface area contributed by atoms with Crippen molar-refractivity contribution in [2.45, 2.75) is 122 Å². The van der Waals surface area contributed by atoms with Crippen LogP contribution in [0.2, 0.25) is 0 Å². The van der Waals surface area contributed by atoms with Gasteiger partial charge in [0, 0.05) is 43.4 Å². The number of fused-ring (bicyclic) bond motifs is 1. The molecule has 1 spiro atoms. The van der Waals surface area contributed by atoms with Gasteiger partial charge < -0.3 is 24.4 Å². The minimum absolute atomic E-state index is 0.0240. The lowest BCUT2D eigenvalue weighted by Gasteiger charge is -2.29. The summed E-state index contributed by atoms with van der Waals surface area (Å²) in [5.74, 6) is 3.29. The number of hydrazine groups is 1. The van der Waals surface area contributed by atoms with Crippen LogP contribution in [0, 0.1) is 33.5 Å². The van der Waals surface area contributed by atoms with Gasteiger partial charge in [0.2, 0.25) is 0 Å². The number of hydrogen-bond acceptors (Lipinski definition) is 11. The number of aliphatic imine (C=N–C) groups is 1. The van der Waals surface area contributed by atoms with Gasteiger partial charge in [-0.05, 0) is 131 Å². The quantitative estimate of drug-likeness (QED) is 0.206. The zero-order valence-electron chi connectivity index (χ0n) is 35.0. The van der Waals surface area contributed by atoms with Crippen LogP contribution in [0.3, 0.4) is 0 Å². The number of aromatic nitrogens is 2. The number of benzene rings is 2. The third-order valence-corrected chi connectivity index (χ3v) is 13.6. The summed E-state index contributed by atoms with van der Waals surface area (Å²) in [7, 11) is 1.54. The van der Waals surface area contributed by atoms with Crippen LogP contribution in [0.5, 0.6) is 17.2 Å². The molecule has 6 unspecified atom stereocenters. The first-order valence-electron chi connectivity index (χ1n) is 21.5. The van der Waals surface area contributed by atoms with E-state index in [1.165, 1.54) is 0 Å². The lowest BCUT2D eigenvalue weighted by Crippen LogP contribution is -2.45. The molecule has 2 aliphatic carbocycles. The highest BCUT2D eigenvalue weighted by atomic mass is 16.5. The number of carbonyl (C=O) groups excluding carboxylic acids is 1. The molecule has 2 saturated heterocycles. The minimum Gasteiger partial charge on any atom is -0.495 e. The Morgan fingerprint density at radius 2 is 1.78 bits per heavy atom. The van der Waals surface area contributed by atoms with Crippen LogP contribution in [0.15, 0.2) is 59.6 Å². The summed E-state index contributed by atoms with van der Waals surface area (Å²) < 4.78 is 18.1. The normalized spacial score (nSPS) is 29.8. The van der Waals surface area contributed by atoms with Gasteiger partial charge in [0.05, 0.1) is 29.8 Å². The van der Waals surface area contributed by atoms with Crippen LogP contribution < -0.4 is 29.9 Å². The van der Waals surface area contributed by atoms with E-state index in [4.69, 9.17) is 19.2 Å². The van der Waals surface area contributed by atoms with Gasteiger partial charge in [-0.15, -0.1) is 15.6 Å². The summed E-state index contributed by atoms with van der Waals surface area (Å²) in [6, 6.07) is 19.4. The Labute approximate surface area is 347 Å². The van der Waals surface area contributed by atoms with Crippen molar-refractivity contribution in [2.24, 2.45) is 22.2 Å². The van der Waals surface area contributed by atoms with Gasteiger partial charge in [-0.25, -0.2) is 4.90 Å². The number of nitroso groups, excluding NO2 is 1. The molecule has 3 aliphatic heterocycles. The molecule has 312 valence electrons. The van der Waals surface area contributed by atoms with Crippen molar-refractivity contribution >= 4 is 17.4 Å². The molecular weight excluding hydrogens is 747 g/mol. The molecule has 3 aromatic rings. The fraction of sp³-hybridized carbons (Fsp3) is 0.578. The number of nitriles is 1. The van der Waals surface area contributed by atoms with E-state index >= 15 is 0 Å². The fourth-order valence-corrected chi connectivity index (χ4v) is 10.0.